The lowest BCUT2D eigenvalue weighted by Crippen LogP contribution is -2.51. The molecule has 6 nitrogen and oxygen atoms in total. The highest BCUT2D eigenvalue weighted by atomic mass is 16.5. The summed E-state index contributed by atoms with van der Waals surface area (Å²) in [6.45, 7) is 17.9. The summed E-state index contributed by atoms with van der Waals surface area (Å²) in [5.41, 5.74) is 4.66. The van der Waals surface area contributed by atoms with Crippen LogP contribution >= 0.6 is 0 Å². The quantitative estimate of drug-likeness (QED) is 0.454. The number of nitrogens with zero attached hydrogens (tertiary/aromatic N) is 2. The molecule has 0 saturated carbocycles. The van der Waals surface area contributed by atoms with Gasteiger partial charge in [0, 0.05) is 39.3 Å². The van der Waals surface area contributed by atoms with Gasteiger partial charge in [0.05, 0.1) is 0 Å². The predicted molar refractivity (Wildman–Crippen MR) is 146 cm³/mol. The number of hydrogen-bond donors (Lipinski definition) is 2. The SMILES string of the molecule is Cc1ccc(C(C)C)c(OCC(O)CN2CCN(CC(O)COc3cc(C)ccc3C(C)C)CC2)c1. The minimum Gasteiger partial charge on any atom is -0.491 e. The van der Waals surface area contributed by atoms with Gasteiger partial charge < -0.3 is 19.7 Å². The van der Waals surface area contributed by atoms with Crippen molar-refractivity contribution in [3.8, 4) is 11.5 Å². The zero-order valence-electron chi connectivity index (χ0n) is 23.0. The van der Waals surface area contributed by atoms with E-state index in [1.807, 2.05) is 0 Å². The summed E-state index contributed by atoms with van der Waals surface area (Å²) in [6.07, 6.45) is -1.08. The first-order chi connectivity index (χ1) is 17.1. The van der Waals surface area contributed by atoms with Crippen LogP contribution in [0.3, 0.4) is 0 Å². The van der Waals surface area contributed by atoms with E-state index in [1.165, 1.54) is 11.1 Å². The Balaban J connectivity index is 1.39. The molecule has 3 rings (SSSR count). The van der Waals surface area contributed by atoms with Gasteiger partial charge in [-0.3, -0.25) is 9.80 Å². The van der Waals surface area contributed by atoms with Crippen molar-refractivity contribution in [2.75, 3.05) is 52.5 Å². The molecule has 0 radical (unpaired) electrons. The Hall–Kier alpha value is -2.12. The maximum absolute atomic E-state index is 10.6. The standard InChI is InChI=1S/C30H46N2O4/c1-21(2)27-9-7-23(5)15-29(27)35-19-25(33)17-31-11-13-32(14-12-31)18-26(34)20-36-30-16-24(6)8-10-28(30)22(3)4/h7-10,15-16,21-22,25-26,33-34H,11-14,17-20H2,1-6H3. The molecule has 1 saturated heterocycles. The Morgan fingerprint density at radius 2 is 1.03 bits per heavy atom. The zero-order valence-corrected chi connectivity index (χ0v) is 23.0. The molecule has 1 heterocycles. The molecule has 0 amide bonds. The van der Waals surface area contributed by atoms with Gasteiger partial charge in [-0.25, -0.2) is 0 Å². The molecule has 1 fully saturated rings. The van der Waals surface area contributed by atoms with Crippen molar-refractivity contribution < 1.29 is 19.7 Å². The van der Waals surface area contributed by atoms with E-state index in [0.717, 1.165) is 48.8 Å². The second-order valence-electron chi connectivity index (χ2n) is 10.9. The maximum atomic E-state index is 10.6. The third-order valence-electron chi connectivity index (χ3n) is 6.85. The molecule has 6 heteroatoms. The van der Waals surface area contributed by atoms with Gasteiger partial charge >= 0.3 is 0 Å². The minimum absolute atomic E-state index is 0.288. The normalized spacial score (nSPS) is 16.9. The van der Waals surface area contributed by atoms with E-state index in [1.54, 1.807) is 0 Å². The number of rotatable bonds is 12. The van der Waals surface area contributed by atoms with E-state index in [2.05, 4.69) is 87.7 Å². The van der Waals surface area contributed by atoms with Crippen LogP contribution < -0.4 is 9.47 Å². The van der Waals surface area contributed by atoms with E-state index < -0.39 is 12.2 Å². The monoisotopic (exact) mass is 498 g/mol. The second kappa shape index (κ2) is 13.4. The predicted octanol–water partition coefficient (Wildman–Crippen LogP) is 4.35. The average Bonchev–Trinajstić information content (AvgIpc) is 2.82. The van der Waals surface area contributed by atoms with Gasteiger partial charge in [-0.15, -0.1) is 0 Å². The van der Waals surface area contributed by atoms with Crippen molar-refractivity contribution in [2.24, 2.45) is 0 Å². The van der Waals surface area contributed by atoms with Crippen molar-refractivity contribution in [2.45, 2.75) is 65.6 Å². The molecule has 1 aliphatic heterocycles. The highest BCUT2D eigenvalue weighted by Crippen LogP contribution is 2.28. The molecule has 2 aromatic rings. The van der Waals surface area contributed by atoms with Crippen molar-refractivity contribution >= 4 is 0 Å². The Kier molecular flexibility index (Phi) is 10.6. The highest BCUT2D eigenvalue weighted by Gasteiger charge is 2.22. The molecule has 2 unspecified atom stereocenters. The number of hydrogen-bond acceptors (Lipinski definition) is 6. The lowest BCUT2D eigenvalue weighted by Gasteiger charge is -2.36. The summed E-state index contributed by atoms with van der Waals surface area (Å²) in [7, 11) is 0. The van der Waals surface area contributed by atoms with Crippen LogP contribution in [0, 0.1) is 13.8 Å². The van der Waals surface area contributed by atoms with Crippen LogP contribution in [-0.2, 0) is 0 Å². The van der Waals surface area contributed by atoms with Crippen LogP contribution in [0.5, 0.6) is 11.5 Å². The fourth-order valence-corrected chi connectivity index (χ4v) is 4.71. The molecule has 2 aromatic carbocycles. The third kappa shape index (κ3) is 8.48. The molecule has 0 spiro atoms. The van der Waals surface area contributed by atoms with Gasteiger partial charge in [-0.1, -0.05) is 52.0 Å². The average molecular weight is 499 g/mol. The number of aryl methyl sites for hydroxylation is 2. The Bertz CT molecular complexity index is 876. The fourth-order valence-electron chi connectivity index (χ4n) is 4.71. The third-order valence-corrected chi connectivity index (χ3v) is 6.85. The number of β-amino-alcohol motifs (C(OH)–C–C–N with tert-alkyl or cyclic N) is 2. The fraction of sp³-hybridized carbons (Fsp3) is 0.600. The summed E-state index contributed by atoms with van der Waals surface area (Å²) in [6, 6.07) is 12.5. The summed E-state index contributed by atoms with van der Waals surface area (Å²) in [5.74, 6) is 2.49. The van der Waals surface area contributed by atoms with Crippen molar-refractivity contribution in [3.63, 3.8) is 0 Å². The smallest absolute Gasteiger partial charge is 0.123 e. The molecule has 2 atom stereocenters. The number of aliphatic hydroxyl groups is 2. The van der Waals surface area contributed by atoms with Gasteiger partial charge in [0.15, 0.2) is 0 Å². The summed E-state index contributed by atoms with van der Waals surface area (Å²) in [5, 5.41) is 21.2. The molecule has 200 valence electrons. The first-order valence-electron chi connectivity index (χ1n) is 13.4. The van der Waals surface area contributed by atoms with Crippen LogP contribution in [-0.4, -0.2) is 84.7 Å². The Morgan fingerprint density at radius 3 is 1.36 bits per heavy atom. The summed E-state index contributed by atoms with van der Waals surface area (Å²) in [4.78, 5) is 4.54. The molecule has 36 heavy (non-hydrogen) atoms. The molecule has 0 bridgehead atoms. The molecular weight excluding hydrogens is 452 g/mol. The summed E-state index contributed by atoms with van der Waals surface area (Å²) < 4.78 is 12.0. The van der Waals surface area contributed by atoms with E-state index in [4.69, 9.17) is 9.47 Å². The number of piperazine rings is 1. The topological polar surface area (TPSA) is 65.4 Å². The van der Waals surface area contributed by atoms with E-state index in [0.29, 0.717) is 24.9 Å². The van der Waals surface area contributed by atoms with Gasteiger partial charge in [0.25, 0.3) is 0 Å². The van der Waals surface area contributed by atoms with Gasteiger partial charge in [-0.2, -0.15) is 0 Å². The number of aliphatic hydroxyl groups excluding tert-OH is 2. The lowest BCUT2D eigenvalue weighted by atomic mass is 10.0. The summed E-state index contributed by atoms with van der Waals surface area (Å²) >= 11 is 0. The van der Waals surface area contributed by atoms with Gasteiger partial charge in [0.1, 0.15) is 36.9 Å². The first-order valence-corrected chi connectivity index (χ1v) is 13.4. The highest BCUT2D eigenvalue weighted by molar-refractivity contribution is 5.40. The van der Waals surface area contributed by atoms with Crippen molar-refractivity contribution in [1.82, 2.24) is 9.80 Å². The van der Waals surface area contributed by atoms with E-state index in [9.17, 15) is 10.2 Å². The minimum atomic E-state index is -0.541. The van der Waals surface area contributed by atoms with Crippen LogP contribution in [0.2, 0.25) is 0 Å². The Morgan fingerprint density at radius 1 is 0.667 bits per heavy atom. The lowest BCUT2D eigenvalue weighted by molar-refractivity contribution is 0.0238. The maximum Gasteiger partial charge on any atom is 0.123 e. The largest absolute Gasteiger partial charge is 0.491 e. The van der Waals surface area contributed by atoms with Crippen LogP contribution in [0.25, 0.3) is 0 Å². The van der Waals surface area contributed by atoms with Crippen LogP contribution in [0.15, 0.2) is 36.4 Å². The molecular formula is C30H46N2O4. The van der Waals surface area contributed by atoms with Crippen LogP contribution in [0.1, 0.15) is 61.8 Å². The Labute approximate surface area is 217 Å². The molecule has 1 aliphatic rings. The van der Waals surface area contributed by atoms with Crippen molar-refractivity contribution in [3.05, 3.63) is 58.7 Å². The number of benzene rings is 2. The number of ether oxygens (including phenoxy) is 2. The van der Waals surface area contributed by atoms with E-state index in [-0.39, 0.29) is 13.2 Å². The van der Waals surface area contributed by atoms with Crippen molar-refractivity contribution in [1.29, 1.82) is 0 Å². The molecule has 0 aromatic heterocycles. The first kappa shape index (κ1) is 28.5. The second-order valence-corrected chi connectivity index (χ2v) is 10.9. The zero-order chi connectivity index (χ0) is 26.2. The van der Waals surface area contributed by atoms with Crippen LogP contribution in [0.4, 0.5) is 0 Å². The van der Waals surface area contributed by atoms with Gasteiger partial charge in [0.2, 0.25) is 0 Å². The molecule has 2 N–H and O–H groups in total. The van der Waals surface area contributed by atoms with E-state index >= 15 is 0 Å². The molecule has 0 aliphatic carbocycles. The van der Waals surface area contributed by atoms with Gasteiger partial charge in [-0.05, 0) is 60.1 Å².